The predicted octanol–water partition coefficient (Wildman–Crippen LogP) is 5.07. The van der Waals surface area contributed by atoms with Crippen molar-refractivity contribution in [3.8, 4) is 22.9 Å². The molecule has 13 nitrogen and oxygen atoms in total. The maximum absolute atomic E-state index is 13.4. The molecule has 0 saturated carbocycles. The van der Waals surface area contributed by atoms with E-state index < -0.39 is 12.1 Å². The summed E-state index contributed by atoms with van der Waals surface area (Å²) in [6.45, 7) is 1.57. The Bertz CT molecular complexity index is 1980. The third-order valence-electron chi connectivity index (χ3n) is 9.16. The van der Waals surface area contributed by atoms with E-state index in [9.17, 15) is 19.5 Å². The smallest absolute Gasteiger partial charge is 0.306 e. The first kappa shape index (κ1) is 38.0. The third kappa shape index (κ3) is 9.42. The van der Waals surface area contributed by atoms with Gasteiger partial charge in [-0.05, 0) is 59.7 Å². The monoisotopic (exact) mass is 762 g/mol. The highest BCUT2D eigenvalue weighted by Gasteiger charge is 2.29. The van der Waals surface area contributed by atoms with E-state index >= 15 is 0 Å². The van der Waals surface area contributed by atoms with E-state index in [0.29, 0.717) is 59.9 Å². The molecule has 0 spiro atoms. The van der Waals surface area contributed by atoms with Gasteiger partial charge in [-0.2, -0.15) is 4.98 Å². The number of amides is 2. The Morgan fingerprint density at radius 3 is 2.57 bits per heavy atom. The van der Waals surface area contributed by atoms with Crippen LogP contribution < -0.4 is 30.7 Å². The van der Waals surface area contributed by atoms with Gasteiger partial charge in [0.1, 0.15) is 16.9 Å². The lowest BCUT2D eigenvalue weighted by Gasteiger charge is -2.18. The molecule has 1 aliphatic carbocycles. The van der Waals surface area contributed by atoms with E-state index in [1.54, 1.807) is 30.5 Å². The Morgan fingerprint density at radius 2 is 1.83 bits per heavy atom. The fourth-order valence-corrected chi connectivity index (χ4v) is 7.11. The number of aliphatic carboxylic acids is 1. The topological polar surface area (TPSA) is 184 Å². The van der Waals surface area contributed by atoms with Gasteiger partial charge in [0, 0.05) is 56.0 Å². The number of methoxy groups -OCH3 is 1. The van der Waals surface area contributed by atoms with Crippen LogP contribution in [0.1, 0.15) is 64.4 Å². The molecule has 2 unspecified atom stereocenters. The molecule has 2 aliphatic rings. The second-order valence-electron chi connectivity index (χ2n) is 13.0. The van der Waals surface area contributed by atoms with Crippen molar-refractivity contribution >= 4 is 46.8 Å². The van der Waals surface area contributed by atoms with Gasteiger partial charge in [0.25, 0.3) is 5.91 Å². The van der Waals surface area contributed by atoms with Crippen LogP contribution in [0.3, 0.4) is 0 Å². The summed E-state index contributed by atoms with van der Waals surface area (Å²) in [6.07, 6.45) is 2.67. The molecule has 2 aromatic heterocycles. The summed E-state index contributed by atoms with van der Waals surface area (Å²) in [7, 11) is 1.48. The molecule has 0 bridgehead atoms. The van der Waals surface area contributed by atoms with Crippen molar-refractivity contribution in [3.05, 3.63) is 98.7 Å². The van der Waals surface area contributed by atoms with Crippen LogP contribution in [0, 0.1) is 0 Å². The number of ether oxygens (including phenoxy) is 2. The number of benzene rings is 2. The third-order valence-corrected chi connectivity index (χ3v) is 9.83. The summed E-state index contributed by atoms with van der Waals surface area (Å²) in [6, 6.07) is 16.7. The molecular formula is C38H40Cl2N6O7. The van der Waals surface area contributed by atoms with Gasteiger partial charge >= 0.3 is 5.97 Å². The fraction of sp³-hybridized carbons (Fsp3) is 0.342. The number of fused-ring (bicyclic) bond motifs is 1. The van der Waals surface area contributed by atoms with Crippen molar-refractivity contribution in [2.75, 3.05) is 25.5 Å². The average molecular weight is 764 g/mol. The van der Waals surface area contributed by atoms with E-state index in [-0.39, 0.29) is 60.3 Å². The Hall–Kier alpha value is -4.79. The Labute approximate surface area is 316 Å². The van der Waals surface area contributed by atoms with Crippen LogP contribution in [0.15, 0.2) is 60.8 Å². The number of hydrogen-bond acceptors (Lipinski definition) is 10. The van der Waals surface area contributed by atoms with Crippen LogP contribution in [-0.2, 0) is 29.1 Å². The first-order valence-electron chi connectivity index (χ1n) is 17.3. The molecule has 6 rings (SSSR count). The van der Waals surface area contributed by atoms with Gasteiger partial charge in [0.2, 0.25) is 17.7 Å². The lowest BCUT2D eigenvalue weighted by atomic mass is 9.95. The van der Waals surface area contributed by atoms with Gasteiger partial charge in [-0.15, -0.1) is 0 Å². The van der Waals surface area contributed by atoms with Crippen LogP contribution in [-0.4, -0.2) is 70.3 Å². The first-order chi connectivity index (χ1) is 25.6. The van der Waals surface area contributed by atoms with Crippen molar-refractivity contribution in [3.63, 3.8) is 0 Å². The normalized spacial score (nSPS) is 16.9. The molecular weight excluding hydrogens is 723 g/mol. The van der Waals surface area contributed by atoms with Gasteiger partial charge in [0.15, 0.2) is 0 Å². The summed E-state index contributed by atoms with van der Waals surface area (Å²) in [5, 5.41) is 31.4. The zero-order valence-corrected chi connectivity index (χ0v) is 30.5. The Balaban J connectivity index is 1.11. The number of pyridine rings is 2. The van der Waals surface area contributed by atoms with Crippen LogP contribution in [0.5, 0.6) is 11.8 Å². The number of halogens is 2. The largest absolute Gasteiger partial charge is 0.481 e. The summed E-state index contributed by atoms with van der Waals surface area (Å²) in [5.41, 5.74) is 5.48. The summed E-state index contributed by atoms with van der Waals surface area (Å²) in [4.78, 5) is 44.5. The molecule has 1 saturated heterocycles. The number of aromatic nitrogens is 2. The van der Waals surface area contributed by atoms with Crippen LogP contribution in [0.25, 0.3) is 11.1 Å². The van der Waals surface area contributed by atoms with E-state index in [4.69, 9.17) is 37.8 Å². The quantitative estimate of drug-likeness (QED) is 0.0896. The van der Waals surface area contributed by atoms with Crippen LogP contribution in [0.2, 0.25) is 10.0 Å². The molecule has 15 heteroatoms. The minimum absolute atomic E-state index is 0.0681. The van der Waals surface area contributed by atoms with Crippen LogP contribution >= 0.6 is 23.2 Å². The average Bonchev–Trinajstić information content (AvgIpc) is 3.75. The minimum atomic E-state index is -1.09. The molecule has 0 radical (unpaired) electrons. The fourth-order valence-electron chi connectivity index (χ4n) is 6.58. The standard InChI is InChI=1S/C38H40Cl2N6O7/c1-52-37-22(18-42-20-24(47)15-34(49)50)14-30(39)38(46-37)53-31-11-10-26-25(4-2-5-27(26)31)28-6-3-7-29(35(28)40)36(51)45-32-12-8-21(17-43-32)16-41-19-23-9-13-33(48)44-23/h2-8,12,14,17,23-24,31,41-42,47H,9-11,13,15-16,18-20H2,1H3,(H,44,48)(H,49,50)(H,43,45,51)/t23?,24?,31-/m0/s1. The summed E-state index contributed by atoms with van der Waals surface area (Å²) >= 11 is 13.5. The maximum Gasteiger partial charge on any atom is 0.306 e. The number of nitrogens with one attached hydrogen (secondary N) is 4. The second-order valence-corrected chi connectivity index (χ2v) is 13.7. The van der Waals surface area contributed by atoms with E-state index in [1.807, 2.05) is 30.3 Å². The number of carboxylic acid groups (broad SMARTS) is 1. The highest BCUT2D eigenvalue weighted by molar-refractivity contribution is 6.37. The molecule has 1 fully saturated rings. The molecule has 3 atom stereocenters. The van der Waals surface area contributed by atoms with Gasteiger partial charge < -0.3 is 41.0 Å². The minimum Gasteiger partial charge on any atom is -0.481 e. The molecule has 2 aromatic carbocycles. The van der Waals surface area contributed by atoms with Gasteiger partial charge in [0.05, 0.1) is 30.2 Å². The number of aliphatic hydroxyl groups excluding tert-OH is 1. The summed E-state index contributed by atoms with van der Waals surface area (Å²) in [5.74, 6) is -0.498. The van der Waals surface area contributed by atoms with Gasteiger partial charge in [-0.25, -0.2) is 4.98 Å². The number of carboxylic acids is 1. The highest BCUT2D eigenvalue weighted by atomic mass is 35.5. The highest BCUT2D eigenvalue weighted by Crippen LogP contribution is 2.43. The molecule has 4 aromatic rings. The van der Waals surface area contributed by atoms with Gasteiger partial charge in [-0.3, -0.25) is 14.4 Å². The lowest BCUT2D eigenvalue weighted by molar-refractivity contribution is -0.139. The number of rotatable bonds is 16. The first-order valence-corrected chi connectivity index (χ1v) is 18.0. The van der Waals surface area contributed by atoms with Crippen LogP contribution in [0.4, 0.5) is 5.82 Å². The predicted molar refractivity (Wildman–Crippen MR) is 199 cm³/mol. The molecule has 2 amide bonds. The molecule has 53 heavy (non-hydrogen) atoms. The SMILES string of the molecule is COc1nc(O[C@H]2CCc3c(-c4cccc(C(=O)Nc5ccc(CNCC6CCC(=O)N6)cn5)c4Cl)cccc32)c(Cl)cc1CNCC(O)CC(=O)O. The van der Waals surface area contributed by atoms with Crippen molar-refractivity contribution in [1.82, 2.24) is 25.9 Å². The van der Waals surface area contributed by atoms with Gasteiger partial charge in [-0.1, -0.05) is 59.6 Å². The summed E-state index contributed by atoms with van der Waals surface area (Å²) < 4.78 is 11.8. The zero-order chi connectivity index (χ0) is 37.5. The number of carbonyl (C=O) groups excluding carboxylic acids is 2. The lowest BCUT2D eigenvalue weighted by Crippen LogP contribution is -2.35. The van der Waals surface area contributed by atoms with Crippen molar-refractivity contribution in [2.45, 2.75) is 63.4 Å². The van der Waals surface area contributed by atoms with E-state index in [1.165, 1.54) is 7.11 Å². The second kappa shape index (κ2) is 17.4. The Morgan fingerprint density at radius 1 is 1.02 bits per heavy atom. The molecule has 3 heterocycles. The number of hydrogen-bond donors (Lipinski definition) is 6. The van der Waals surface area contributed by atoms with Crippen molar-refractivity contribution in [2.24, 2.45) is 0 Å². The molecule has 6 N–H and O–H groups in total. The number of anilines is 1. The van der Waals surface area contributed by atoms with E-state index in [2.05, 4.69) is 31.2 Å². The van der Waals surface area contributed by atoms with E-state index in [0.717, 1.165) is 28.7 Å². The van der Waals surface area contributed by atoms with Crippen molar-refractivity contribution < 1.29 is 34.1 Å². The zero-order valence-electron chi connectivity index (χ0n) is 29.0. The molecule has 278 valence electrons. The Kier molecular flexibility index (Phi) is 12.4. The number of nitrogens with zero attached hydrogens (tertiary/aromatic N) is 2. The number of carbonyl (C=O) groups is 3. The maximum atomic E-state index is 13.4. The number of aliphatic hydroxyl groups is 1. The van der Waals surface area contributed by atoms with Crippen molar-refractivity contribution in [1.29, 1.82) is 0 Å². The molecule has 1 aliphatic heterocycles.